The largest absolute Gasteiger partial charge is 0.497 e. The molecule has 2 fully saturated rings. The summed E-state index contributed by atoms with van der Waals surface area (Å²) in [6, 6.07) is 7.07. The standard InChI is InChI=1S/C15H23N3O/c1-19-14-5-2-12(11-16)15(10-14)18-8-6-17(7-9-18)13-3-4-13/h2,5,10,13H,3-4,6-9,11,16H2,1H3. The lowest BCUT2D eigenvalue weighted by molar-refractivity contribution is 0.248. The molecule has 19 heavy (non-hydrogen) atoms. The molecule has 1 heterocycles. The van der Waals surface area contributed by atoms with E-state index < -0.39 is 0 Å². The second kappa shape index (κ2) is 5.39. The molecule has 1 saturated heterocycles. The summed E-state index contributed by atoms with van der Waals surface area (Å²) in [6.45, 7) is 5.12. The van der Waals surface area contributed by atoms with Gasteiger partial charge in [-0.05, 0) is 24.5 Å². The zero-order chi connectivity index (χ0) is 13.2. The second-order valence-electron chi connectivity index (χ2n) is 5.45. The molecule has 104 valence electrons. The molecule has 0 radical (unpaired) electrons. The molecular formula is C15H23N3O. The first kappa shape index (κ1) is 12.8. The molecular weight excluding hydrogens is 238 g/mol. The third-order valence-electron chi connectivity index (χ3n) is 4.23. The molecule has 2 aliphatic rings. The van der Waals surface area contributed by atoms with E-state index >= 15 is 0 Å². The molecule has 4 nitrogen and oxygen atoms in total. The van der Waals surface area contributed by atoms with E-state index in [-0.39, 0.29) is 0 Å². The lowest BCUT2D eigenvalue weighted by Crippen LogP contribution is -2.47. The first-order valence-electron chi connectivity index (χ1n) is 7.18. The molecule has 0 aromatic heterocycles. The van der Waals surface area contributed by atoms with Gasteiger partial charge in [0.15, 0.2) is 0 Å². The van der Waals surface area contributed by atoms with E-state index in [1.54, 1.807) is 7.11 Å². The Morgan fingerprint density at radius 1 is 1.21 bits per heavy atom. The van der Waals surface area contributed by atoms with E-state index in [2.05, 4.69) is 21.9 Å². The normalized spacial score (nSPS) is 20.6. The molecule has 1 aliphatic heterocycles. The maximum absolute atomic E-state index is 5.86. The smallest absolute Gasteiger partial charge is 0.120 e. The van der Waals surface area contributed by atoms with Crippen LogP contribution in [0.25, 0.3) is 0 Å². The number of benzene rings is 1. The van der Waals surface area contributed by atoms with Crippen molar-refractivity contribution in [3.8, 4) is 5.75 Å². The van der Waals surface area contributed by atoms with Crippen molar-refractivity contribution in [2.24, 2.45) is 5.73 Å². The fourth-order valence-corrected chi connectivity index (χ4v) is 2.91. The monoisotopic (exact) mass is 261 g/mol. The molecule has 1 aromatic carbocycles. The van der Waals surface area contributed by atoms with Crippen molar-refractivity contribution in [1.29, 1.82) is 0 Å². The molecule has 4 heteroatoms. The molecule has 3 rings (SSSR count). The summed E-state index contributed by atoms with van der Waals surface area (Å²) in [5.74, 6) is 0.914. The van der Waals surface area contributed by atoms with Gasteiger partial charge in [0.05, 0.1) is 7.11 Å². The van der Waals surface area contributed by atoms with Crippen molar-refractivity contribution < 1.29 is 4.74 Å². The number of methoxy groups -OCH3 is 1. The Hall–Kier alpha value is -1.26. The highest BCUT2D eigenvalue weighted by atomic mass is 16.5. The SMILES string of the molecule is COc1ccc(CN)c(N2CCN(C3CC3)CC2)c1. The number of hydrogen-bond acceptors (Lipinski definition) is 4. The van der Waals surface area contributed by atoms with Gasteiger partial charge in [0, 0.05) is 50.5 Å². The summed E-state index contributed by atoms with van der Waals surface area (Å²) in [5.41, 5.74) is 8.31. The summed E-state index contributed by atoms with van der Waals surface area (Å²) >= 11 is 0. The van der Waals surface area contributed by atoms with E-state index in [4.69, 9.17) is 10.5 Å². The summed E-state index contributed by atoms with van der Waals surface area (Å²) in [7, 11) is 1.71. The third-order valence-corrected chi connectivity index (χ3v) is 4.23. The van der Waals surface area contributed by atoms with Gasteiger partial charge in [0.25, 0.3) is 0 Å². The summed E-state index contributed by atoms with van der Waals surface area (Å²) < 4.78 is 5.34. The Morgan fingerprint density at radius 3 is 2.53 bits per heavy atom. The number of piperazine rings is 1. The lowest BCUT2D eigenvalue weighted by atomic mass is 10.1. The third kappa shape index (κ3) is 2.69. The molecule has 0 unspecified atom stereocenters. The Bertz CT molecular complexity index is 437. The highest BCUT2D eigenvalue weighted by Crippen LogP contribution is 2.30. The van der Waals surface area contributed by atoms with E-state index in [9.17, 15) is 0 Å². The number of rotatable bonds is 4. The Labute approximate surface area is 115 Å². The minimum atomic E-state index is 0.585. The fourth-order valence-electron chi connectivity index (χ4n) is 2.91. The van der Waals surface area contributed by atoms with Gasteiger partial charge in [0.2, 0.25) is 0 Å². The van der Waals surface area contributed by atoms with Crippen molar-refractivity contribution in [3.05, 3.63) is 23.8 Å². The van der Waals surface area contributed by atoms with Crippen LogP contribution in [0.15, 0.2) is 18.2 Å². The first-order chi connectivity index (χ1) is 9.31. The Kier molecular flexibility index (Phi) is 3.62. The molecule has 0 atom stereocenters. The van der Waals surface area contributed by atoms with E-state index in [0.29, 0.717) is 6.54 Å². The number of hydrogen-bond donors (Lipinski definition) is 1. The highest BCUT2D eigenvalue weighted by molar-refractivity contribution is 5.57. The zero-order valence-electron chi connectivity index (χ0n) is 11.6. The number of anilines is 1. The summed E-state index contributed by atoms with van der Waals surface area (Å²) in [6.07, 6.45) is 2.79. The van der Waals surface area contributed by atoms with Gasteiger partial charge < -0.3 is 15.4 Å². The summed E-state index contributed by atoms with van der Waals surface area (Å²) in [4.78, 5) is 5.07. The van der Waals surface area contributed by atoms with Crippen LogP contribution < -0.4 is 15.4 Å². The van der Waals surface area contributed by atoms with Crippen LogP contribution in [0.1, 0.15) is 18.4 Å². The molecule has 2 N–H and O–H groups in total. The van der Waals surface area contributed by atoms with Crippen LogP contribution in [-0.4, -0.2) is 44.2 Å². The van der Waals surface area contributed by atoms with Crippen LogP contribution in [0, 0.1) is 0 Å². The van der Waals surface area contributed by atoms with E-state index in [1.807, 2.05) is 6.07 Å². The second-order valence-corrected chi connectivity index (χ2v) is 5.45. The predicted octanol–water partition coefficient (Wildman–Crippen LogP) is 1.44. The fraction of sp³-hybridized carbons (Fsp3) is 0.600. The molecule has 0 spiro atoms. The van der Waals surface area contributed by atoms with Crippen LogP contribution in [0.3, 0.4) is 0 Å². The van der Waals surface area contributed by atoms with E-state index in [1.165, 1.54) is 37.2 Å². The topological polar surface area (TPSA) is 41.7 Å². The average molecular weight is 261 g/mol. The van der Waals surface area contributed by atoms with Gasteiger partial charge in [-0.3, -0.25) is 4.90 Å². The Balaban J connectivity index is 1.73. The van der Waals surface area contributed by atoms with Gasteiger partial charge in [-0.2, -0.15) is 0 Å². The average Bonchev–Trinajstić information content (AvgIpc) is 3.31. The van der Waals surface area contributed by atoms with Gasteiger partial charge in [-0.15, -0.1) is 0 Å². The summed E-state index contributed by atoms with van der Waals surface area (Å²) in [5, 5.41) is 0. The first-order valence-corrected chi connectivity index (χ1v) is 7.18. The van der Waals surface area contributed by atoms with Crippen molar-refractivity contribution in [3.63, 3.8) is 0 Å². The van der Waals surface area contributed by atoms with Crippen molar-refractivity contribution >= 4 is 5.69 Å². The lowest BCUT2D eigenvalue weighted by Gasteiger charge is -2.37. The van der Waals surface area contributed by atoms with Crippen LogP contribution >= 0.6 is 0 Å². The number of nitrogens with two attached hydrogens (primary N) is 1. The quantitative estimate of drug-likeness (QED) is 0.890. The molecule has 0 bridgehead atoms. The van der Waals surface area contributed by atoms with Gasteiger partial charge in [-0.1, -0.05) is 6.07 Å². The highest BCUT2D eigenvalue weighted by Gasteiger charge is 2.31. The van der Waals surface area contributed by atoms with Crippen molar-refractivity contribution in [1.82, 2.24) is 4.90 Å². The zero-order valence-corrected chi connectivity index (χ0v) is 11.6. The van der Waals surface area contributed by atoms with Gasteiger partial charge >= 0.3 is 0 Å². The molecule has 1 saturated carbocycles. The van der Waals surface area contributed by atoms with Gasteiger partial charge in [0.1, 0.15) is 5.75 Å². The van der Waals surface area contributed by atoms with Crippen LogP contribution in [0.5, 0.6) is 5.75 Å². The van der Waals surface area contributed by atoms with Crippen LogP contribution in [0.4, 0.5) is 5.69 Å². The van der Waals surface area contributed by atoms with Gasteiger partial charge in [-0.25, -0.2) is 0 Å². The maximum Gasteiger partial charge on any atom is 0.120 e. The minimum Gasteiger partial charge on any atom is -0.497 e. The van der Waals surface area contributed by atoms with Crippen molar-refractivity contribution in [2.45, 2.75) is 25.4 Å². The van der Waals surface area contributed by atoms with Crippen LogP contribution in [0.2, 0.25) is 0 Å². The Morgan fingerprint density at radius 2 is 1.95 bits per heavy atom. The maximum atomic E-state index is 5.86. The van der Waals surface area contributed by atoms with Crippen molar-refractivity contribution in [2.75, 3.05) is 38.2 Å². The van der Waals surface area contributed by atoms with E-state index in [0.717, 1.165) is 24.9 Å². The number of ether oxygens (including phenoxy) is 1. The molecule has 0 amide bonds. The minimum absolute atomic E-state index is 0.585. The van der Waals surface area contributed by atoms with Crippen LogP contribution in [-0.2, 0) is 6.54 Å². The number of nitrogens with zero attached hydrogens (tertiary/aromatic N) is 2. The predicted molar refractivity (Wildman–Crippen MR) is 77.7 cm³/mol. The molecule has 1 aliphatic carbocycles. The molecule has 1 aromatic rings.